The van der Waals surface area contributed by atoms with E-state index in [2.05, 4.69) is 20.6 Å². The second-order valence-electron chi connectivity index (χ2n) is 5.42. The number of unbranched alkanes of at least 4 members (excludes halogenated alkanes) is 1. The molecule has 2 amide bonds. The van der Waals surface area contributed by atoms with Gasteiger partial charge in [-0.15, -0.1) is 0 Å². The largest absolute Gasteiger partial charge is 0.480 e. The van der Waals surface area contributed by atoms with E-state index in [0.29, 0.717) is 31.6 Å². The maximum Gasteiger partial charge on any atom is 0.322 e. The molecule has 0 aromatic rings. The van der Waals surface area contributed by atoms with Gasteiger partial charge in [0.2, 0.25) is 11.8 Å². The van der Waals surface area contributed by atoms with Crippen molar-refractivity contribution in [3.05, 3.63) is 0 Å². The third-order valence-electron chi connectivity index (χ3n) is 3.39. The van der Waals surface area contributed by atoms with Gasteiger partial charge in [0.15, 0.2) is 0 Å². The highest BCUT2D eigenvalue weighted by Gasteiger charge is 2.25. The van der Waals surface area contributed by atoms with Gasteiger partial charge in [0, 0.05) is 12.1 Å². The Morgan fingerprint density at radius 3 is 2.62 bits per heavy atom. The van der Waals surface area contributed by atoms with E-state index in [4.69, 9.17) is 16.6 Å². The Balaban J connectivity index is 2.60. The SMILES string of the molecule is NCCCC[C@H](N)C(=O)N[C@@H](CC1=NC=NC1)C(=O)NCC(=O)O. The molecule has 134 valence electrons. The summed E-state index contributed by atoms with van der Waals surface area (Å²) in [6.45, 7) is 0.340. The zero-order chi connectivity index (χ0) is 17.9. The number of nitrogens with zero attached hydrogens (tertiary/aromatic N) is 2. The van der Waals surface area contributed by atoms with Gasteiger partial charge in [-0.05, 0) is 19.4 Å². The molecule has 0 aromatic carbocycles. The molecule has 0 radical (unpaired) electrons. The number of hydrogen-bond acceptors (Lipinski definition) is 7. The van der Waals surface area contributed by atoms with Crippen molar-refractivity contribution in [3.8, 4) is 0 Å². The molecule has 1 aliphatic heterocycles. The summed E-state index contributed by atoms with van der Waals surface area (Å²) in [7, 11) is 0. The molecule has 0 aromatic heterocycles. The molecule has 24 heavy (non-hydrogen) atoms. The van der Waals surface area contributed by atoms with E-state index in [-0.39, 0.29) is 6.42 Å². The van der Waals surface area contributed by atoms with Crippen LogP contribution >= 0.6 is 0 Å². The summed E-state index contributed by atoms with van der Waals surface area (Å²) in [4.78, 5) is 42.7. The first kappa shape index (κ1) is 19.7. The highest BCUT2D eigenvalue weighted by molar-refractivity contribution is 6.01. The van der Waals surface area contributed by atoms with Crippen molar-refractivity contribution >= 4 is 29.8 Å². The van der Waals surface area contributed by atoms with Gasteiger partial charge >= 0.3 is 5.97 Å². The first-order chi connectivity index (χ1) is 11.4. The standard InChI is InChI=1S/C14H24N6O4/c15-4-2-1-3-10(16)13(23)20-11(5-9-6-17-8-19-9)14(24)18-7-12(21)22/h8,10-11H,1-7,15-16H2,(H,18,24)(H,20,23)(H,21,22)/t10-,11-/m0/s1. The van der Waals surface area contributed by atoms with Crippen LogP contribution in [-0.4, -0.2) is 66.7 Å². The maximum absolute atomic E-state index is 12.1. The molecule has 1 rings (SSSR count). The van der Waals surface area contributed by atoms with Crippen LogP contribution in [0.25, 0.3) is 0 Å². The van der Waals surface area contributed by atoms with Crippen molar-refractivity contribution in [2.75, 3.05) is 19.6 Å². The third-order valence-corrected chi connectivity index (χ3v) is 3.39. The molecule has 0 aliphatic carbocycles. The Labute approximate surface area is 139 Å². The first-order valence-electron chi connectivity index (χ1n) is 7.73. The lowest BCUT2D eigenvalue weighted by molar-refractivity contribution is -0.138. The van der Waals surface area contributed by atoms with Crippen LogP contribution in [0, 0.1) is 0 Å². The number of amides is 2. The second kappa shape index (κ2) is 10.4. The molecule has 0 fully saturated rings. The molecule has 0 bridgehead atoms. The number of rotatable bonds is 11. The number of carbonyl (C=O) groups is 3. The zero-order valence-corrected chi connectivity index (χ0v) is 13.4. The fourth-order valence-corrected chi connectivity index (χ4v) is 2.08. The number of nitrogens with two attached hydrogens (primary N) is 2. The molecule has 2 atom stereocenters. The monoisotopic (exact) mass is 340 g/mol. The smallest absolute Gasteiger partial charge is 0.322 e. The summed E-state index contributed by atoms with van der Waals surface area (Å²) in [6.07, 6.45) is 3.45. The van der Waals surface area contributed by atoms with Crippen molar-refractivity contribution in [3.63, 3.8) is 0 Å². The number of nitrogens with one attached hydrogen (secondary N) is 2. The Morgan fingerprint density at radius 2 is 2.04 bits per heavy atom. The fourth-order valence-electron chi connectivity index (χ4n) is 2.08. The Hall–Kier alpha value is -2.33. The highest BCUT2D eigenvalue weighted by atomic mass is 16.4. The summed E-state index contributed by atoms with van der Waals surface area (Å²) < 4.78 is 0. The van der Waals surface area contributed by atoms with E-state index < -0.39 is 36.4 Å². The molecule has 10 nitrogen and oxygen atoms in total. The predicted molar refractivity (Wildman–Crippen MR) is 88.9 cm³/mol. The Morgan fingerprint density at radius 1 is 1.29 bits per heavy atom. The average Bonchev–Trinajstić information content (AvgIpc) is 3.05. The highest BCUT2D eigenvalue weighted by Crippen LogP contribution is 2.03. The van der Waals surface area contributed by atoms with Gasteiger partial charge in [-0.3, -0.25) is 19.4 Å². The number of aliphatic carboxylic acids is 1. The van der Waals surface area contributed by atoms with Crippen molar-refractivity contribution < 1.29 is 19.5 Å². The minimum Gasteiger partial charge on any atom is -0.480 e. The van der Waals surface area contributed by atoms with Crippen LogP contribution < -0.4 is 22.1 Å². The molecule has 1 heterocycles. The maximum atomic E-state index is 12.1. The van der Waals surface area contributed by atoms with Gasteiger partial charge < -0.3 is 27.2 Å². The summed E-state index contributed by atoms with van der Waals surface area (Å²) in [5, 5.41) is 13.4. The van der Waals surface area contributed by atoms with Gasteiger partial charge in [0.25, 0.3) is 0 Å². The van der Waals surface area contributed by atoms with Crippen LogP contribution in [0.3, 0.4) is 0 Å². The molecule has 0 saturated heterocycles. The van der Waals surface area contributed by atoms with Crippen LogP contribution in [0.15, 0.2) is 9.98 Å². The number of hydrogen-bond donors (Lipinski definition) is 5. The summed E-state index contributed by atoms with van der Waals surface area (Å²) in [5.74, 6) is -2.25. The van der Waals surface area contributed by atoms with Crippen LogP contribution in [0.1, 0.15) is 25.7 Å². The van der Waals surface area contributed by atoms with Crippen molar-refractivity contribution in [1.29, 1.82) is 0 Å². The van der Waals surface area contributed by atoms with Crippen LogP contribution in [0.5, 0.6) is 0 Å². The van der Waals surface area contributed by atoms with E-state index in [1.165, 1.54) is 6.34 Å². The third kappa shape index (κ3) is 7.29. The number of aliphatic imine (C=N–C) groups is 2. The van der Waals surface area contributed by atoms with Gasteiger partial charge in [0.05, 0.1) is 12.6 Å². The quantitative estimate of drug-likeness (QED) is 0.272. The Kier molecular flexibility index (Phi) is 8.58. The zero-order valence-electron chi connectivity index (χ0n) is 13.4. The van der Waals surface area contributed by atoms with Gasteiger partial charge in [-0.2, -0.15) is 0 Å². The molecule has 1 aliphatic rings. The number of carbonyl (C=O) groups excluding carboxylic acids is 2. The van der Waals surface area contributed by atoms with Crippen molar-refractivity contribution in [1.82, 2.24) is 10.6 Å². The molecule has 0 saturated carbocycles. The van der Waals surface area contributed by atoms with Gasteiger partial charge in [-0.1, -0.05) is 6.42 Å². The Bertz CT molecular complexity index is 519. The molecule has 10 heteroatoms. The summed E-state index contributed by atoms with van der Waals surface area (Å²) >= 11 is 0. The topological polar surface area (TPSA) is 172 Å². The van der Waals surface area contributed by atoms with E-state index in [9.17, 15) is 14.4 Å². The summed E-state index contributed by atoms with van der Waals surface area (Å²) in [5.41, 5.74) is 11.8. The van der Waals surface area contributed by atoms with Gasteiger partial charge in [-0.25, -0.2) is 4.99 Å². The van der Waals surface area contributed by atoms with Crippen LogP contribution in [0.4, 0.5) is 0 Å². The predicted octanol–water partition coefficient (Wildman–Crippen LogP) is -2.00. The molecular weight excluding hydrogens is 316 g/mol. The van der Waals surface area contributed by atoms with E-state index in [1.54, 1.807) is 0 Å². The van der Waals surface area contributed by atoms with E-state index in [1.807, 2.05) is 0 Å². The lowest BCUT2D eigenvalue weighted by Crippen LogP contribution is -2.53. The number of carboxylic acid groups (broad SMARTS) is 1. The lowest BCUT2D eigenvalue weighted by Gasteiger charge is -2.20. The van der Waals surface area contributed by atoms with Crippen molar-refractivity contribution in [2.24, 2.45) is 21.5 Å². The second-order valence-corrected chi connectivity index (χ2v) is 5.42. The average molecular weight is 340 g/mol. The molecule has 0 spiro atoms. The minimum atomic E-state index is -1.17. The lowest BCUT2D eigenvalue weighted by atomic mass is 10.1. The van der Waals surface area contributed by atoms with Crippen LogP contribution in [0.2, 0.25) is 0 Å². The number of carboxylic acids is 1. The van der Waals surface area contributed by atoms with E-state index in [0.717, 1.165) is 6.42 Å². The van der Waals surface area contributed by atoms with Crippen molar-refractivity contribution in [2.45, 2.75) is 37.8 Å². The minimum absolute atomic E-state index is 0.146. The van der Waals surface area contributed by atoms with E-state index >= 15 is 0 Å². The summed E-state index contributed by atoms with van der Waals surface area (Å²) in [6, 6.07) is -1.70. The molecule has 7 N–H and O–H groups in total. The fraction of sp³-hybridized carbons (Fsp3) is 0.643. The van der Waals surface area contributed by atoms with Crippen LogP contribution in [-0.2, 0) is 14.4 Å². The first-order valence-corrected chi connectivity index (χ1v) is 7.73. The van der Waals surface area contributed by atoms with Gasteiger partial charge in [0.1, 0.15) is 18.9 Å². The molecular formula is C14H24N6O4. The normalized spacial score (nSPS) is 15.5. The molecule has 0 unspecified atom stereocenters.